The number of ether oxygens (including phenoxy) is 1. The zero-order valence-electron chi connectivity index (χ0n) is 8.93. The largest absolute Gasteiger partial charge is 0.379 e. The Balaban J connectivity index is 1.81. The minimum atomic E-state index is 0.510. The number of rotatable bonds is 4. The highest BCUT2D eigenvalue weighted by Gasteiger charge is 2.10. The molecular weight excluding hydrogens is 192 g/mol. The van der Waals surface area contributed by atoms with Crippen molar-refractivity contribution < 1.29 is 4.74 Å². The highest BCUT2D eigenvalue weighted by molar-refractivity contribution is 4.91. The maximum Gasteiger partial charge on any atom is 0.122 e. The second-order valence-electron chi connectivity index (χ2n) is 3.70. The van der Waals surface area contributed by atoms with Gasteiger partial charge < -0.3 is 15.0 Å². The number of nitrogens with zero attached hydrogens (tertiary/aromatic N) is 3. The van der Waals surface area contributed by atoms with Crippen molar-refractivity contribution >= 4 is 0 Å². The van der Waals surface area contributed by atoms with Crippen LogP contribution in [0.25, 0.3) is 0 Å². The molecule has 84 valence electrons. The topological polar surface area (TPSA) is 56.3 Å². The van der Waals surface area contributed by atoms with E-state index in [4.69, 9.17) is 10.5 Å². The number of hydrogen-bond donors (Lipinski definition) is 1. The molecule has 15 heavy (non-hydrogen) atoms. The molecule has 2 heterocycles. The van der Waals surface area contributed by atoms with Gasteiger partial charge in [-0.15, -0.1) is 0 Å². The van der Waals surface area contributed by atoms with E-state index < -0.39 is 0 Å². The Morgan fingerprint density at radius 1 is 1.33 bits per heavy atom. The highest BCUT2D eigenvalue weighted by Crippen LogP contribution is 2.00. The molecule has 0 atom stereocenters. The van der Waals surface area contributed by atoms with Crippen molar-refractivity contribution in [1.82, 2.24) is 14.5 Å². The third-order valence-electron chi connectivity index (χ3n) is 2.75. The van der Waals surface area contributed by atoms with E-state index in [1.807, 2.05) is 12.4 Å². The van der Waals surface area contributed by atoms with Crippen LogP contribution in [-0.4, -0.2) is 47.3 Å². The minimum absolute atomic E-state index is 0.510. The summed E-state index contributed by atoms with van der Waals surface area (Å²) in [7, 11) is 0. The summed E-state index contributed by atoms with van der Waals surface area (Å²) in [5.74, 6) is 0.961. The highest BCUT2D eigenvalue weighted by atomic mass is 16.5. The lowest BCUT2D eigenvalue weighted by molar-refractivity contribution is 0.0363. The summed E-state index contributed by atoms with van der Waals surface area (Å²) < 4.78 is 7.42. The molecule has 0 bridgehead atoms. The van der Waals surface area contributed by atoms with Crippen molar-refractivity contribution in [2.75, 3.05) is 32.8 Å². The predicted molar refractivity (Wildman–Crippen MR) is 57.4 cm³/mol. The smallest absolute Gasteiger partial charge is 0.122 e. The van der Waals surface area contributed by atoms with Crippen LogP contribution >= 0.6 is 0 Å². The van der Waals surface area contributed by atoms with Crippen molar-refractivity contribution in [3.63, 3.8) is 0 Å². The monoisotopic (exact) mass is 210 g/mol. The van der Waals surface area contributed by atoms with Crippen molar-refractivity contribution in [2.24, 2.45) is 5.73 Å². The fourth-order valence-corrected chi connectivity index (χ4v) is 1.81. The normalized spacial score (nSPS) is 18.2. The van der Waals surface area contributed by atoms with Gasteiger partial charge in [-0.1, -0.05) is 0 Å². The van der Waals surface area contributed by atoms with Gasteiger partial charge in [-0.05, 0) is 0 Å². The fourth-order valence-electron chi connectivity index (χ4n) is 1.81. The average molecular weight is 210 g/mol. The van der Waals surface area contributed by atoms with Crippen LogP contribution in [0.5, 0.6) is 0 Å². The zero-order chi connectivity index (χ0) is 10.5. The number of aromatic nitrogens is 2. The summed E-state index contributed by atoms with van der Waals surface area (Å²) >= 11 is 0. The molecule has 1 aromatic rings. The Bertz CT molecular complexity index is 293. The summed E-state index contributed by atoms with van der Waals surface area (Å²) in [6, 6.07) is 0. The summed E-state index contributed by atoms with van der Waals surface area (Å²) in [6.45, 7) is 6.30. The molecule has 2 N–H and O–H groups in total. The molecule has 1 saturated heterocycles. The second-order valence-corrected chi connectivity index (χ2v) is 3.70. The molecule has 0 amide bonds. The quantitative estimate of drug-likeness (QED) is 0.739. The van der Waals surface area contributed by atoms with Crippen LogP contribution in [0.3, 0.4) is 0 Å². The lowest BCUT2D eigenvalue weighted by Gasteiger charge is -2.26. The van der Waals surface area contributed by atoms with Gasteiger partial charge in [0.05, 0.1) is 19.8 Å². The molecule has 1 fully saturated rings. The standard InChI is InChI=1S/C10H18N4O/c11-9-10-12-1-2-14(10)4-3-13-5-7-15-8-6-13/h1-2H,3-9,11H2. The van der Waals surface area contributed by atoms with Crippen molar-refractivity contribution in [1.29, 1.82) is 0 Å². The number of morpholine rings is 1. The predicted octanol–water partition coefficient (Wildman–Crippen LogP) is -0.326. The van der Waals surface area contributed by atoms with E-state index in [0.717, 1.165) is 45.2 Å². The first-order valence-corrected chi connectivity index (χ1v) is 5.40. The molecule has 0 aliphatic carbocycles. The van der Waals surface area contributed by atoms with E-state index in [0.29, 0.717) is 6.54 Å². The van der Waals surface area contributed by atoms with Gasteiger partial charge in [-0.25, -0.2) is 4.98 Å². The van der Waals surface area contributed by atoms with E-state index in [2.05, 4.69) is 14.5 Å². The Hall–Kier alpha value is -0.910. The second kappa shape index (κ2) is 5.25. The van der Waals surface area contributed by atoms with E-state index in [1.165, 1.54) is 0 Å². The van der Waals surface area contributed by atoms with Crippen LogP contribution in [0.15, 0.2) is 12.4 Å². The summed E-state index contributed by atoms with van der Waals surface area (Å²) in [5.41, 5.74) is 5.59. The third kappa shape index (κ3) is 2.77. The van der Waals surface area contributed by atoms with E-state index >= 15 is 0 Å². The van der Waals surface area contributed by atoms with Gasteiger partial charge in [0.15, 0.2) is 0 Å². The lowest BCUT2D eigenvalue weighted by Crippen LogP contribution is -2.38. The van der Waals surface area contributed by atoms with Gasteiger partial charge in [0.25, 0.3) is 0 Å². The summed E-state index contributed by atoms with van der Waals surface area (Å²) in [6.07, 6.45) is 3.80. The maximum absolute atomic E-state index is 5.59. The molecule has 0 saturated carbocycles. The Labute approximate surface area is 89.8 Å². The lowest BCUT2D eigenvalue weighted by atomic mass is 10.4. The van der Waals surface area contributed by atoms with Gasteiger partial charge in [-0.3, -0.25) is 4.90 Å². The van der Waals surface area contributed by atoms with Gasteiger partial charge in [0, 0.05) is 38.6 Å². The van der Waals surface area contributed by atoms with Crippen LogP contribution in [0.1, 0.15) is 5.82 Å². The molecule has 2 rings (SSSR count). The first-order valence-electron chi connectivity index (χ1n) is 5.40. The van der Waals surface area contributed by atoms with Crippen LogP contribution in [0.4, 0.5) is 0 Å². The zero-order valence-corrected chi connectivity index (χ0v) is 8.93. The van der Waals surface area contributed by atoms with Crippen molar-refractivity contribution in [2.45, 2.75) is 13.1 Å². The Morgan fingerprint density at radius 2 is 2.13 bits per heavy atom. The molecule has 0 spiro atoms. The molecule has 5 heteroatoms. The van der Waals surface area contributed by atoms with Crippen LogP contribution in [-0.2, 0) is 17.8 Å². The molecule has 1 aliphatic heterocycles. The van der Waals surface area contributed by atoms with Gasteiger partial charge >= 0.3 is 0 Å². The molecule has 1 aliphatic rings. The minimum Gasteiger partial charge on any atom is -0.379 e. The van der Waals surface area contributed by atoms with Crippen LogP contribution in [0, 0.1) is 0 Å². The van der Waals surface area contributed by atoms with E-state index in [9.17, 15) is 0 Å². The molecule has 0 unspecified atom stereocenters. The molecular formula is C10H18N4O. The van der Waals surface area contributed by atoms with Crippen molar-refractivity contribution in [3.05, 3.63) is 18.2 Å². The van der Waals surface area contributed by atoms with Crippen molar-refractivity contribution in [3.8, 4) is 0 Å². The van der Waals surface area contributed by atoms with Crippen LogP contribution < -0.4 is 5.73 Å². The van der Waals surface area contributed by atoms with Gasteiger partial charge in [0.1, 0.15) is 5.82 Å². The van der Waals surface area contributed by atoms with E-state index in [1.54, 1.807) is 0 Å². The number of hydrogen-bond acceptors (Lipinski definition) is 4. The van der Waals surface area contributed by atoms with Gasteiger partial charge in [-0.2, -0.15) is 0 Å². The summed E-state index contributed by atoms with van der Waals surface area (Å²) in [5, 5.41) is 0. The molecule has 1 aromatic heterocycles. The molecule has 0 radical (unpaired) electrons. The SMILES string of the molecule is NCc1nccn1CCN1CCOCC1. The van der Waals surface area contributed by atoms with Gasteiger partial charge in [0.2, 0.25) is 0 Å². The molecule has 0 aromatic carbocycles. The van der Waals surface area contributed by atoms with E-state index in [-0.39, 0.29) is 0 Å². The summed E-state index contributed by atoms with van der Waals surface area (Å²) in [4.78, 5) is 6.60. The third-order valence-corrected chi connectivity index (χ3v) is 2.75. The fraction of sp³-hybridized carbons (Fsp3) is 0.700. The number of imidazole rings is 1. The maximum atomic E-state index is 5.59. The van der Waals surface area contributed by atoms with Crippen LogP contribution in [0.2, 0.25) is 0 Å². The Kier molecular flexibility index (Phi) is 3.71. The first kappa shape index (κ1) is 10.6. The number of nitrogens with two attached hydrogens (primary N) is 1. The first-order chi connectivity index (χ1) is 7.40. The average Bonchev–Trinajstić information content (AvgIpc) is 2.75. The molecule has 5 nitrogen and oxygen atoms in total. The Morgan fingerprint density at radius 3 is 2.87 bits per heavy atom.